The number of likely N-dealkylation sites (tertiary alicyclic amines) is 1. The first-order valence-electron chi connectivity index (χ1n) is 6.44. The van der Waals surface area contributed by atoms with Gasteiger partial charge in [-0.25, -0.2) is 4.68 Å². The minimum absolute atomic E-state index is 0.876. The van der Waals surface area contributed by atoms with Gasteiger partial charge in [0.05, 0.1) is 12.2 Å². The molecule has 2 aromatic rings. The standard InChI is InChI=1S/C13H18N4/c1-2-6-10-16(9-5-1)11-17-13-8-4-3-7-12(13)14-15-17/h3-4,7-8H,1-2,5-6,9-11H2. The molecule has 0 unspecified atom stereocenters. The van der Waals surface area contributed by atoms with E-state index in [4.69, 9.17) is 0 Å². The molecule has 0 aliphatic carbocycles. The van der Waals surface area contributed by atoms with E-state index in [0.717, 1.165) is 17.7 Å². The largest absolute Gasteiger partial charge is 0.284 e. The van der Waals surface area contributed by atoms with Gasteiger partial charge in [0.15, 0.2) is 0 Å². The Morgan fingerprint density at radius 2 is 1.76 bits per heavy atom. The van der Waals surface area contributed by atoms with Crippen LogP contribution >= 0.6 is 0 Å². The highest BCUT2D eigenvalue weighted by molar-refractivity contribution is 5.73. The second-order valence-electron chi connectivity index (χ2n) is 4.75. The topological polar surface area (TPSA) is 34.0 Å². The minimum atomic E-state index is 0.876. The summed E-state index contributed by atoms with van der Waals surface area (Å²) in [6.45, 7) is 3.25. The lowest BCUT2D eigenvalue weighted by Crippen LogP contribution is -2.27. The maximum absolute atomic E-state index is 4.25. The van der Waals surface area contributed by atoms with Gasteiger partial charge in [-0.3, -0.25) is 4.90 Å². The molecule has 0 bridgehead atoms. The van der Waals surface area contributed by atoms with Gasteiger partial charge in [-0.2, -0.15) is 0 Å². The number of para-hydroxylation sites is 1. The molecule has 1 aliphatic heterocycles. The third-order valence-corrected chi connectivity index (χ3v) is 3.45. The molecule has 4 heteroatoms. The lowest BCUT2D eigenvalue weighted by Gasteiger charge is -2.19. The fourth-order valence-corrected chi connectivity index (χ4v) is 2.49. The molecule has 1 aromatic heterocycles. The van der Waals surface area contributed by atoms with Crippen molar-refractivity contribution in [3.63, 3.8) is 0 Å². The summed E-state index contributed by atoms with van der Waals surface area (Å²) in [6.07, 6.45) is 5.36. The van der Waals surface area contributed by atoms with Crippen LogP contribution in [0.2, 0.25) is 0 Å². The van der Waals surface area contributed by atoms with E-state index in [2.05, 4.69) is 21.3 Å². The minimum Gasteiger partial charge on any atom is -0.284 e. The summed E-state index contributed by atoms with van der Waals surface area (Å²) in [5.41, 5.74) is 2.12. The predicted molar refractivity (Wildman–Crippen MR) is 67.6 cm³/mol. The third kappa shape index (κ3) is 2.31. The molecule has 1 fully saturated rings. The maximum Gasteiger partial charge on any atom is 0.113 e. The summed E-state index contributed by atoms with van der Waals surface area (Å²) in [4.78, 5) is 2.48. The lowest BCUT2D eigenvalue weighted by atomic mass is 10.2. The van der Waals surface area contributed by atoms with Crippen molar-refractivity contribution < 1.29 is 0 Å². The van der Waals surface area contributed by atoms with Crippen LogP contribution in [0.25, 0.3) is 11.0 Å². The number of nitrogens with zero attached hydrogens (tertiary/aromatic N) is 4. The second-order valence-corrected chi connectivity index (χ2v) is 4.75. The molecule has 3 rings (SSSR count). The molecule has 0 amide bonds. The zero-order chi connectivity index (χ0) is 11.5. The Morgan fingerprint density at radius 1 is 1.00 bits per heavy atom. The Bertz CT molecular complexity index is 483. The van der Waals surface area contributed by atoms with Gasteiger partial charge < -0.3 is 0 Å². The normalized spacial score (nSPS) is 18.4. The predicted octanol–water partition coefficient (Wildman–Crippen LogP) is 2.26. The molecule has 1 aromatic carbocycles. The summed E-state index contributed by atoms with van der Waals surface area (Å²) in [7, 11) is 0. The first kappa shape index (κ1) is 10.7. The fraction of sp³-hybridized carbons (Fsp3) is 0.538. The van der Waals surface area contributed by atoms with Gasteiger partial charge in [0.1, 0.15) is 5.52 Å². The van der Waals surface area contributed by atoms with E-state index in [1.54, 1.807) is 0 Å². The molecule has 0 radical (unpaired) electrons. The average Bonchev–Trinajstić information content (AvgIpc) is 2.59. The van der Waals surface area contributed by atoms with Crippen LogP contribution in [0.5, 0.6) is 0 Å². The van der Waals surface area contributed by atoms with Crippen LogP contribution in [0.15, 0.2) is 24.3 Å². The van der Waals surface area contributed by atoms with Gasteiger partial charge in [-0.15, -0.1) is 5.10 Å². The molecule has 4 nitrogen and oxygen atoms in total. The van der Waals surface area contributed by atoms with Crippen LogP contribution < -0.4 is 0 Å². The monoisotopic (exact) mass is 230 g/mol. The summed E-state index contributed by atoms with van der Waals surface area (Å²) in [5, 5.41) is 8.44. The van der Waals surface area contributed by atoms with Gasteiger partial charge in [0.2, 0.25) is 0 Å². The SMILES string of the molecule is c1ccc2c(c1)nnn2CN1CCCCCC1. The first-order chi connectivity index (χ1) is 8.43. The Kier molecular flexibility index (Phi) is 3.05. The van der Waals surface area contributed by atoms with Crippen molar-refractivity contribution in [1.29, 1.82) is 0 Å². The Balaban J connectivity index is 1.79. The van der Waals surface area contributed by atoms with E-state index in [9.17, 15) is 0 Å². The van der Waals surface area contributed by atoms with E-state index in [-0.39, 0.29) is 0 Å². The fourth-order valence-electron chi connectivity index (χ4n) is 2.49. The lowest BCUT2D eigenvalue weighted by molar-refractivity contribution is 0.217. The summed E-state index contributed by atoms with van der Waals surface area (Å²) < 4.78 is 2.01. The van der Waals surface area contributed by atoms with E-state index >= 15 is 0 Å². The van der Waals surface area contributed by atoms with Crippen LogP contribution in [0.4, 0.5) is 0 Å². The molecule has 0 N–H and O–H groups in total. The number of aromatic nitrogens is 3. The zero-order valence-corrected chi connectivity index (χ0v) is 10.0. The van der Waals surface area contributed by atoms with E-state index < -0.39 is 0 Å². The molecule has 0 atom stereocenters. The smallest absolute Gasteiger partial charge is 0.113 e. The van der Waals surface area contributed by atoms with E-state index in [1.807, 2.05) is 22.9 Å². The highest BCUT2D eigenvalue weighted by atomic mass is 15.5. The van der Waals surface area contributed by atoms with Crippen molar-refractivity contribution in [1.82, 2.24) is 19.9 Å². The molecule has 0 spiro atoms. The van der Waals surface area contributed by atoms with Crippen molar-refractivity contribution in [3.05, 3.63) is 24.3 Å². The quantitative estimate of drug-likeness (QED) is 0.793. The first-order valence-corrected chi connectivity index (χ1v) is 6.44. The average molecular weight is 230 g/mol. The van der Waals surface area contributed by atoms with E-state index in [1.165, 1.54) is 38.8 Å². The van der Waals surface area contributed by atoms with Crippen molar-refractivity contribution in [2.75, 3.05) is 13.1 Å². The number of fused-ring (bicyclic) bond motifs is 1. The van der Waals surface area contributed by atoms with Crippen LogP contribution in [-0.4, -0.2) is 33.0 Å². The van der Waals surface area contributed by atoms with Crippen molar-refractivity contribution in [2.24, 2.45) is 0 Å². The van der Waals surface area contributed by atoms with Gasteiger partial charge >= 0.3 is 0 Å². The molecule has 17 heavy (non-hydrogen) atoms. The van der Waals surface area contributed by atoms with Crippen molar-refractivity contribution in [3.8, 4) is 0 Å². The third-order valence-electron chi connectivity index (χ3n) is 3.45. The van der Waals surface area contributed by atoms with Crippen LogP contribution in [0.1, 0.15) is 25.7 Å². The molecular weight excluding hydrogens is 212 g/mol. The highest BCUT2D eigenvalue weighted by Crippen LogP contribution is 2.13. The van der Waals surface area contributed by atoms with Gasteiger partial charge in [0.25, 0.3) is 0 Å². The highest BCUT2D eigenvalue weighted by Gasteiger charge is 2.11. The van der Waals surface area contributed by atoms with Gasteiger partial charge in [-0.1, -0.05) is 30.2 Å². The Morgan fingerprint density at radius 3 is 2.59 bits per heavy atom. The van der Waals surface area contributed by atoms with Crippen LogP contribution in [-0.2, 0) is 6.67 Å². The summed E-state index contributed by atoms with van der Waals surface area (Å²) >= 11 is 0. The Hall–Kier alpha value is -1.42. The number of hydrogen-bond acceptors (Lipinski definition) is 3. The van der Waals surface area contributed by atoms with Crippen LogP contribution in [0.3, 0.4) is 0 Å². The number of benzene rings is 1. The summed E-state index contributed by atoms with van der Waals surface area (Å²) in [5.74, 6) is 0. The molecule has 90 valence electrons. The van der Waals surface area contributed by atoms with Gasteiger partial charge in [0, 0.05) is 0 Å². The number of hydrogen-bond donors (Lipinski definition) is 0. The summed E-state index contributed by atoms with van der Waals surface area (Å²) in [6, 6.07) is 8.16. The van der Waals surface area contributed by atoms with Gasteiger partial charge in [-0.05, 0) is 38.1 Å². The molecule has 1 aliphatic rings. The zero-order valence-electron chi connectivity index (χ0n) is 10.0. The second kappa shape index (κ2) is 4.84. The molecule has 2 heterocycles. The van der Waals surface area contributed by atoms with Crippen molar-refractivity contribution in [2.45, 2.75) is 32.4 Å². The maximum atomic E-state index is 4.25. The van der Waals surface area contributed by atoms with Crippen LogP contribution in [0, 0.1) is 0 Å². The molecule has 1 saturated heterocycles. The molecular formula is C13H18N4. The van der Waals surface area contributed by atoms with Crippen molar-refractivity contribution >= 4 is 11.0 Å². The van der Waals surface area contributed by atoms with E-state index in [0.29, 0.717) is 0 Å². The molecule has 0 saturated carbocycles. The Labute approximate surface area is 101 Å². The number of rotatable bonds is 2.